The Kier molecular flexibility index (Phi) is 2.74. The summed E-state index contributed by atoms with van der Waals surface area (Å²) < 4.78 is 13.2. The number of rotatable bonds is 2. The van der Waals surface area contributed by atoms with Crippen LogP contribution in [0.3, 0.4) is 0 Å². The fraction of sp³-hybridized carbons (Fsp3) is 0.615. The lowest BCUT2D eigenvalue weighted by Crippen LogP contribution is -2.48. The number of piperidine rings is 1. The number of halogens is 1. The predicted octanol–water partition coefficient (Wildman–Crippen LogP) is 1.94. The molecule has 0 spiro atoms. The molecule has 0 saturated carbocycles. The van der Waals surface area contributed by atoms with Gasteiger partial charge in [-0.05, 0) is 32.7 Å². The first-order valence-electron chi connectivity index (χ1n) is 6.34. The summed E-state index contributed by atoms with van der Waals surface area (Å²) >= 11 is 0. The van der Waals surface area contributed by atoms with E-state index in [1.165, 1.54) is 19.0 Å². The second-order valence-corrected chi connectivity index (χ2v) is 5.11. The Morgan fingerprint density at radius 1 is 1.29 bits per heavy atom. The summed E-state index contributed by atoms with van der Waals surface area (Å²) in [6.45, 7) is 0. The maximum Gasteiger partial charge on any atom is 0.143 e. The molecule has 3 heterocycles. The van der Waals surface area contributed by atoms with E-state index in [1.807, 2.05) is 7.05 Å². The SMILES string of the molecule is CNC1CC2CCC(C1)N2c1cncc(F)c1. The number of pyridine rings is 1. The summed E-state index contributed by atoms with van der Waals surface area (Å²) in [7, 11) is 2.03. The third-order valence-corrected chi connectivity index (χ3v) is 4.13. The molecular formula is C13H18FN3. The van der Waals surface area contributed by atoms with E-state index in [-0.39, 0.29) is 5.82 Å². The molecule has 3 nitrogen and oxygen atoms in total. The number of aromatic nitrogens is 1. The van der Waals surface area contributed by atoms with Crippen molar-refractivity contribution in [1.82, 2.24) is 10.3 Å². The number of hydrogen-bond donors (Lipinski definition) is 1. The lowest BCUT2D eigenvalue weighted by atomic mass is 9.97. The number of nitrogens with one attached hydrogen (secondary N) is 1. The molecule has 0 amide bonds. The van der Waals surface area contributed by atoms with Gasteiger partial charge in [0, 0.05) is 24.2 Å². The van der Waals surface area contributed by atoms with E-state index in [2.05, 4.69) is 15.2 Å². The smallest absolute Gasteiger partial charge is 0.143 e. The van der Waals surface area contributed by atoms with E-state index in [0.717, 1.165) is 18.5 Å². The van der Waals surface area contributed by atoms with Crippen LogP contribution in [0.1, 0.15) is 25.7 Å². The van der Waals surface area contributed by atoms with Crippen molar-refractivity contribution in [2.45, 2.75) is 43.8 Å². The molecule has 1 aromatic rings. The molecule has 92 valence electrons. The molecule has 0 radical (unpaired) electrons. The Hall–Kier alpha value is -1.16. The Balaban J connectivity index is 1.86. The number of anilines is 1. The third kappa shape index (κ3) is 1.90. The minimum atomic E-state index is -0.238. The Bertz CT molecular complexity index is 395. The second kappa shape index (κ2) is 4.26. The maximum absolute atomic E-state index is 13.2. The highest BCUT2D eigenvalue weighted by molar-refractivity contribution is 5.48. The molecule has 1 aromatic heterocycles. The van der Waals surface area contributed by atoms with Gasteiger partial charge in [-0.2, -0.15) is 0 Å². The molecule has 2 unspecified atom stereocenters. The van der Waals surface area contributed by atoms with Gasteiger partial charge in [-0.25, -0.2) is 4.39 Å². The van der Waals surface area contributed by atoms with Gasteiger partial charge >= 0.3 is 0 Å². The van der Waals surface area contributed by atoms with Crippen LogP contribution < -0.4 is 10.2 Å². The van der Waals surface area contributed by atoms with Gasteiger partial charge in [0.1, 0.15) is 5.82 Å². The van der Waals surface area contributed by atoms with E-state index in [9.17, 15) is 4.39 Å². The van der Waals surface area contributed by atoms with Crippen LogP contribution in [0.25, 0.3) is 0 Å². The molecule has 17 heavy (non-hydrogen) atoms. The van der Waals surface area contributed by atoms with Gasteiger partial charge in [0.25, 0.3) is 0 Å². The fourth-order valence-corrected chi connectivity index (χ4v) is 3.38. The van der Waals surface area contributed by atoms with Crippen LogP contribution in [0.5, 0.6) is 0 Å². The average molecular weight is 235 g/mol. The molecule has 2 aliphatic rings. The zero-order valence-electron chi connectivity index (χ0n) is 10.1. The Labute approximate surface area is 101 Å². The molecular weight excluding hydrogens is 217 g/mol. The van der Waals surface area contributed by atoms with Crippen molar-refractivity contribution in [3.8, 4) is 0 Å². The van der Waals surface area contributed by atoms with Crippen molar-refractivity contribution in [2.24, 2.45) is 0 Å². The van der Waals surface area contributed by atoms with Gasteiger partial charge in [-0.15, -0.1) is 0 Å². The van der Waals surface area contributed by atoms with Crippen LogP contribution >= 0.6 is 0 Å². The summed E-state index contributed by atoms with van der Waals surface area (Å²) in [4.78, 5) is 6.34. The zero-order chi connectivity index (χ0) is 11.8. The maximum atomic E-state index is 13.2. The third-order valence-electron chi connectivity index (χ3n) is 4.13. The lowest BCUT2D eigenvalue weighted by molar-refractivity contribution is 0.373. The van der Waals surface area contributed by atoms with Crippen LogP contribution in [0.2, 0.25) is 0 Å². The van der Waals surface area contributed by atoms with Crippen LogP contribution in [0, 0.1) is 5.82 Å². The highest BCUT2D eigenvalue weighted by atomic mass is 19.1. The van der Waals surface area contributed by atoms with Gasteiger partial charge in [0.2, 0.25) is 0 Å². The average Bonchev–Trinajstić information content (AvgIpc) is 2.60. The van der Waals surface area contributed by atoms with Crippen LogP contribution in [0.15, 0.2) is 18.5 Å². The van der Waals surface area contributed by atoms with Crippen molar-refractivity contribution >= 4 is 5.69 Å². The highest BCUT2D eigenvalue weighted by Crippen LogP contribution is 2.39. The minimum absolute atomic E-state index is 0.238. The highest BCUT2D eigenvalue weighted by Gasteiger charge is 2.40. The number of fused-ring (bicyclic) bond motifs is 2. The molecule has 3 rings (SSSR count). The van der Waals surface area contributed by atoms with Gasteiger partial charge in [0.05, 0.1) is 18.1 Å². The minimum Gasteiger partial charge on any atom is -0.364 e. The first-order valence-corrected chi connectivity index (χ1v) is 6.34. The summed E-state index contributed by atoms with van der Waals surface area (Å²) in [5.74, 6) is -0.238. The van der Waals surface area contributed by atoms with Crippen molar-refractivity contribution in [2.75, 3.05) is 11.9 Å². The fourth-order valence-electron chi connectivity index (χ4n) is 3.38. The predicted molar refractivity (Wildman–Crippen MR) is 65.6 cm³/mol. The summed E-state index contributed by atoms with van der Waals surface area (Å²) in [6, 6.07) is 3.33. The summed E-state index contributed by atoms with van der Waals surface area (Å²) in [5.41, 5.74) is 0.951. The molecule has 2 bridgehead atoms. The molecule has 1 N–H and O–H groups in total. The number of nitrogens with zero attached hydrogens (tertiary/aromatic N) is 2. The monoisotopic (exact) mass is 235 g/mol. The molecule has 2 fully saturated rings. The van der Waals surface area contributed by atoms with Crippen molar-refractivity contribution < 1.29 is 4.39 Å². The van der Waals surface area contributed by atoms with Crippen LogP contribution in [0.4, 0.5) is 10.1 Å². The van der Waals surface area contributed by atoms with E-state index >= 15 is 0 Å². The summed E-state index contributed by atoms with van der Waals surface area (Å²) in [6.07, 6.45) is 7.81. The molecule has 0 aromatic carbocycles. The standard InChI is InChI=1S/C13H18FN3/c1-15-10-5-11-2-3-12(6-10)17(11)13-4-9(14)7-16-8-13/h4,7-8,10-12,15H,2-3,5-6H2,1H3. The van der Waals surface area contributed by atoms with Gasteiger partial charge in [-0.1, -0.05) is 0 Å². The molecule has 2 aliphatic heterocycles. The lowest BCUT2D eigenvalue weighted by Gasteiger charge is -2.40. The first kappa shape index (κ1) is 11.0. The van der Waals surface area contributed by atoms with Gasteiger partial charge in [0.15, 0.2) is 0 Å². The molecule has 4 heteroatoms. The normalized spacial score (nSPS) is 31.9. The van der Waals surface area contributed by atoms with Crippen molar-refractivity contribution in [3.63, 3.8) is 0 Å². The Morgan fingerprint density at radius 3 is 2.59 bits per heavy atom. The van der Waals surface area contributed by atoms with E-state index in [4.69, 9.17) is 0 Å². The van der Waals surface area contributed by atoms with E-state index in [0.29, 0.717) is 18.1 Å². The van der Waals surface area contributed by atoms with Gasteiger partial charge in [-0.3, -0.25) is 4.98 Å². The molecule has 0 aliphatic carbocycles. The quantitative estimate of drug-likeness (QED) is 0.849. The zero-order valence-corrected chi connectivity index (χ0v) is 10.1. The Morgan fingerprint density at radius 2 is 2.00 bits per heavy atom. The summed E-state index contributed by atoms with van der Waals surface area (Å²) in [5, 5.41) is 3.37. The first-order chi connectivity index (χ1) is 8.28. The number of hydrogen-bond acceptors (Lipinski definition) is 3. The molecule has 2 atom stereocenters. The largest absolute Gasteiger partial charge is 0.364 e. The van der Waals surface area contributed by atoms with Gasteiger partial charge < -0.3 is 10.2 Å². The van der Waals surface area contributed by atoms with Crippen LogP contribution in [-0.2, 0) is 0 Å². The van der Waals surface area contributed by atoms with Crippen molar-refractivity contribution in [1.29, 1.82) is 0 Å². The van der Waals surface area contributed by atoms with E-state index < -0.39 is 0 Å². The molecule has 2 saturated heterocycles. The second-order valence-electron chi connectivity index (χ2n) is 5.11. The van der Waals surface area contributed by atoms with E-state index in [1.54, 1.807) is 12.3 Å². The van der Waals surface area contributed by atoms with Crippen LogP contribution in [-0.4, -0.2) is 30.2 Å². The topological polar surface area (TPSA) is 28.2 Å². The van der Waals surface area contributed by atoms with Crippen molar-refractivity contribution in [3.05, 3.63) is 24.3 Å².